The first-order valence-electron chi connectivity index (χ1n) is 9.11. The summed E-state index contributed by atoms with van der Waals surface area (Å²) in [5.74, 6) is -0.750. The standard InChI is InChI=1S/C22H17Cl2N3O3/c23-17-11-10-15(12-18(17)24)27-21(29)26-19-9-5-4-8-16(19)22(27,30)20(28)25-13-14-6-2-1-3-7-14/h1-12,30H,13H2,(H,25,28)(H,26,29)/t22-/m0/s1. The van der Waals surface area contributed by atoms with Crippen molar-refractivity contribution in [3.8, 4) is 0 Å². The van der Waals surface area contributed by atoms with E-state index in [1.807, 2.05) is 30.3 Å². The molecule has 8 heteroatoms. The van der Waals surface area contributed by atoms with Gasteiger partial charge in [-0.05, 0) is 29.8 Å². The lowest BCUT2D eigenvalue weighted by Gasteiger charge is -2.42. The van der Waals surface area contributed by atoms with Crippen molar-refractivity contribution in [2.75, 3.05) is 10.2 Å². The number of para-hydroxylation sites is 1. The fourth-order valence-electron chi connectivity index (χ4n) is 3.39. The molecule has 1 aliphatic rings. The summed E-state index contributed by atoms with van der Waals surface area (Å²) in [7, 11) is 0. The average Bonchev–Trinajstić information content (AvgIpc) is 2.75. The van der Waals surface area contributed by atoms with E-state index in [0.717, 1.165) is 10.5 Å². The topological polar surface area (TPSA) is 81.7 Å². The second kappa shape index (κ2) is 7.99. The molecular weight excluding hydrogens is 425 g/mol. The normalized spacial score (nSPS) is 17.8. The Morgan fingerprint density at radius 1 is 1.00 bits per heavy atom. The molecule has 3 amide bonds. The van der Waals surface area contributed by atoms with Crippen molar-refractivity contribution in [2.45, 2.75) is 12.3 Å². The summed E-state index contributed by atoms with van der Waals surface area (Å²) < 4.78 is 0. The summed E-state index contributed by atoms with van der Waals surface area (Å²) in [5, 5.41) is 17.6. The van der Waals surface area contributed by atoms with Crippen LogP contribution < -0.4 is 15.5 Å². The molecule has 1 aliphatic heterocycles. The number of halogens is 2. The molecule has 0 saturated carbocycles. The Hall–Kier alpha value is -3.06. The van der Waals surface area contributed by atoms with Crippen molar-refractivity contribution in [2.24, 2.45) is 0 Å². The Morgan fingerprint density at radius 3 is 2.43 bits per heavy atom. The first kappa shape index (κ1) is 20.2. The molecule has 0 bridgehead atoms. The molecule has 3 N–H and O–H groups in total. The number of nitrogens with one attached hydrogen (secondary N) is 2. The number of carbonyl (C=O) groups is 2. The van der Waals surface area contributed by atoms with Gasteiger partial charge in [-0.1, -0.05) is 71.7 Å². The van der Waals surface area contributed by atoms with Crippen molar-refractivity contribution in [3.63, 3.8) is 0 Å². The van der Waals surface area contributed by atoms with Crippen LogP contribution in [-0.2, 0) is 17.1 Å². The molecule has 3 aromatic carbocycles. The van der Waals surface area contributed by atoms with Crippen LogP contribution in [0.25, 0.3) is 0 Å². The van der Waals surface area contributed by atoms with E-state index in [4.69, 9.17) is 23.2 Å². The van der Waals surface area contributed by atoms with Gasteiger partial charge in [0.05, 0.1) is 21.4 Å². The van der Waals surface area contributed by atoms with Crippen LogP contribution in [0.3, 0.4) is 0 Å². The summed E-state index contributed by atoms with van der Waals surface area (Å²) in [6, 6.07) is 19.6. The number of nitrogens with zero attached hydrogens (tertiary/aromatic N) is 1. The van der Waals surface area contributed by atoms with Gasteiger partial charge in [0.25, 0.3) is 11.6 Å². The van der Waals surface area contributed by atoms with Crippen molar-refractivity contribution in [1.29, 1.82) is 0 Å². The number of rotatable bonds is 4. The maximum absolute atomic E-state index is 13.3. The minimum absolute atomic E-state index is 0.182. The molecular formula is C22H17Cl2N3O3. The number of urea groups is 1. The zero-order chi connectivity index (χ0) is 21.3. The number of benzene rings is 3. The minimum atomic E-state index is -2.30. The number of anilines is 2. The van der Waals surface area contributed by atoms with Gasteiger partial charge in [-0.3, -0.25) is 9.69 Å². The van der Waals surface area contributed by atoms with Crippen molar-refractivity contribution >= 4 is 46.5 Å². The highest BCUT2D eigenvalue weighted by atomic mass is 35.5. The minimum Gasteiger partial charge on any atom is -0.359 e. The van der Waals surface area contributed by atoms with Gasteiger partial charge in [-0.25, -0.2) is 4.79 Å². The third-order valence-corrected chi connectivity index (χ3v) is 5.58. The lowest BCUT2D eigenvalue weighted by atomic mass is 9.94. The number of hydrogen-bond donors (Lipinski definition) is 3. The van der Waals surface area contributed by atoms with E-state index in [-0.39, 0.29) is 27.8 Å². The first-order chi connectivity index (χ1) is 14.4. The Kier molecular flexibility index (Phi) is 5.39. The zero-order valence-corrected chi connectivity index (χ0v) is 17.1. The highest BCUT2D eigenvalue weighted by molar-refractivity contribution is 6.42. The highest BCUT2D eigenvalue weighted by Crippen LogP contribution is 2.41. The van der Waals surface area contributed by atoms with E-state index < -0.39 is 17.7 Å². The lowest BCUT2D eigenvalue weighted by molar-refractivity contribution is -0.140. The molecule has 0 aliphatic carbocycles. The van der Waals surface area contributed by atoms with E-state index in [1.165, 1.54) is 18.2 Å². The average molecular weight is 442 g/mol. The number of fused-ring (bicyclic) bond motifs is 1. The molecule has 1 atom stereocenters. The van der Waals surface area contributed by atoms with Crippen LogP contribution in [0.4, 0.5) is 16.2 Å². The van der Waals surface area contributed by atoms with Crippen LogP contribution in [0.5, 0.6) is 0 Å². The van der Waals surface area contributed by atoms with Crippen molar-refractivity contribution in [3.05, 3.63) is 94.0 Å². The molecule has 0 spiro atoms. The van der Waals surface area contributed by atoms with E-state index in [9.17, 15) is 14.7 Å². The van der Waals surface area contributed by atoms with Crippen LogP contribution in [0.1, 0.15) is 11.1 Å². The van der Waals surface area contributed by atoms with Gasteiger partial charge in [0.1, 0.15) is 0 Å². The Labute approximate surface area is 183 Å². The first-order valence-corrected chi connectivity index (χ1v) is 9.87. The molecule has 3 aromatic rings. The van der Waals surface area contributed by atoms with E-state index in [2.05, 4.69) is 10.6 Å². The molecule has 30 heavy (non-hydrogen) atoms. The molecule has 0 radical (unpaired) electrons. The van der Waals surface area contributed by atoms with Crippen LogP contribution in [-0.4, -0.2) is 17.0 Å². The Bertz CT molecular complexity index is 1120. The fraction of sp³-hybridized carbons (Fsp3) is 0.0909. The largest absolute Gasteiger partial charge is 0.359 e. The van der Waals surface area contributed by atoms with Gasteiger partial charge in [0, 0.05) is 12.1 Å². The second-order valence-electron chi connectivity index (χ2n) is 6.75. The fourth-order valence-corrected chi connectivity index (χ4v) is 3.68. The van der Waals surface area contributed by atoms with E-state index >= 15 is 0 Å². The van der Waals surface area contributed by atoms with Crippen LogP contribution in [0.2, 0.25) is 10.0 Å². The van der Waals surface area contributed by atoms with E-state index in [0.29, 0.717) is 5.69 Å². The predicted octanol–water partition coefficient (Wildman–Crippen LogP) is 4.51. The second-order valence-corrected chi connectivity index (χ2v) is 7.56. The van der Waals surface area contributed by atoms with Gasteiger partial charge >= 0.3 is 6.03 Å². The zero-order valence-electron chi connectivity index (χ0n) is 15.6. The Balaban J connectivity index is 1.78. The summed E-state index contributed by atoms with van der Waals surface area (Å²) in [4.78, 5) is 27.2. The third kappa shape index (κ3) is 3.50. The molecule has 4 rings (SSSR count). The van der Waals surface area contributed by atoms with Gasteiger partial charge in [-0.2, -0.15) is 0 Å². The van der Waals surface area contributed by atoms with Crippen molar-refractivity contribution in [1.82, 2.24) is 5.32 Å². The molecule has 0 fully saturated rings. The quantitative estimate of drug-likeness (QED) is 0.556. The van der Waals surface area contributed by atoms with Crippen LogP contribution in [0, 0.1) is 0 Å². The van der Waals surface area contributed by atoms with Gasteiger partial charge in [0.15, 0.2) is 0 Å². The highest BCUT2D eigenvalue weighted by Gasteiger charge is 2.51. The molecule has 1 heterocycles. The van der Waals surface area contributed by atoms with Crippen LogP contribution in [0.15, 0.2) is 72.8 Å². The summed E-state index contributed by atoms with van der Waals surface area (Å²) >= 11 is 12.1. The smallest absolute Gasteiger partial charge is 0.329 e. The van der Waals surface area contributed by atoms with Crippen LogP contribution >= 0.6 is 23.2 Å². The molecule has 0 unspecified atom stereocenters. The molecule has 6 nitrogen and oxygen atoms in total. The molecule has 0 saturated heterocycles. The van der Waals surface area contributed by atoms with Gasteiger partial charge in [-0.15, -0.1) is 0 Å². The predicted molar refractivity (Wildman–Crippen MR) is 117 cm³/mol. The maximum Gasteiger partial charge on any atom is 0.329 e. The maximum atomic E-state index is 13.3. The SMILES string of the molecule is O=C1Nc2ccccc2[C@](O)(C(=O)NCc2ccccc2)N1c1ccc(Cl)c(Cl)c1. The summed E-state index contributed by atoms with van der Waals surface area (Å²) in [5.41, 5.74) is -0.652. The monoisotopic (exact) mass is 441 g/mol. The summed E-state index contributed by atoms with van der Waals surface area (Å²) in [6.45, 7) is 0.182. The summed E-state index contributed by atoms with van der Waals surface area (Å²) in [6.07, 6.45) is 0. The third-order valence-electron chi connectivity index (χ3n) is 4.84. The van der Waals surface area contributed by atoms with Gasteiger partial charge in [0.2, 0.25) is 0 Å². The van der Waals surface area contributed by atoms with E-state index in [1.54, 1.807) is 24.3 Å². The number of carbonyl (C=O) groups excluding carboxylic acids is 2. The number of hydrogen-bond acceptors (Lipinski definition) is 3. The molecule has 152 valence electrons. The van der Waals surface area contributed by atoms with Crippen molar-refractivity contribution < 1.29 is 14.7 Å². The van der Waals surface area contributed by atoms with Gasteiger partial charge < -0.3 is 15.7 Å². The number of aliphatic hydroxyl groups is 1. The lowest BCUT2D eigenvalue weighted by Crippen LogP contribution is -2.62. The molecule has 0 aromatic heterocycles. The Morgan fingerprint density at radius 2 is 1.70 bits per heavy atom. The number of amides is 3.